The van der Waals surface area contributed by atoms with Crippen LogP contribution in [0.2, 0.25) is 5.02 Å². The van der Waals surface area contributed by atoms with Crippen LogP contribution in [0.25, 0.3) is 0 Å². The summed E-state index contributed by atoms with van der Waals surface area (Å²) in [5.41, 5.74) is 0.571. The van der Waals surface area contributed by atoms with Crippen LogP contribution in [0.4, 0.5) is 10.1 Å². The number of anilines is 1. The molecule has 0 bridgehead atoms. The largest absolute Gasteiger partial charge is 0.382 e. The first-order valence-corrected chi connectivity index (χ1v) is 6.45. The van der Waals surface area contributed by atoms with Crippen LogP contribution in [0, 0.1) is 5.82 Å². The lowest BCUT2D eigenvalue weighted by Gasteiger charge is -2.09. The Morgan fingerprint density at radius 2 is 1.79 bits per heavy atom. The van der Waals surface area contributed by atoms with Gasteiger partial charge in [-0.15, -0.1) is 0 Å². The van der Waals surface area contributed by atoms with E-state index in [1.165, 1.54) is 18.2 Å². The van der Waals surface area contributed by atoms with Crippen molar-refractivity contribution in [2.75, 3.05) is 52.0 Å². The van der Waals surface area contributed by atoms with Gasteiger partial charge < -0.3 is 19.5 Å². The minimum Gasteiger partial charge on any atom is -0.382 e. The minimum absolute atomic E-state index is 0.320. The van der Waals surface area contributed by atoms with E-state index >= 15 is 0 Å². The molecule has 1 aromatic rings. The molecule has 108 valence electrons. The van der Waals surface area contributed by atoms with Gasteiger partial charge in [0.15, 0.2) is 0 Å². The van der Waals surface area contributed by atoms with Crippen LogP contribution < -0.4 is 5.32 Å². The highest BCUT2D eigenvalue weighted by Gasteiger charge is 2.00. The number of hydrogen-bond acceptors (Lipinski definition) is 4. The molecule has 0 aliphatic rings. The Morgan fingerprint density at radius 1 is 1.11 bits per heavy atom. The van der Waals surface area contributed by atoms with Crippen LogP contribution >= 0.6 is 11.6 Å². The molecule has 0 saturated carbocycles. The van der Waals surface area contributed by atoms with Crippen LogP contribution in [0.15, 0.2) is 18.2 Å². The van der Waals surface area contributed by atoms with Crippen molar-refractivity contribution in [3.05, 3.63) is 29.0 Å². The second-order valence-corrected chi connectivity index (χ2v) is 4.18. The zero-order valence-electron chi connectivity index (χ0n) is 11.0. The average molecular weight is 292 g/mol. The maximum atomic E-state index is 13.0. The first-order chi connectivity index (χ1) is 9.24. The van der Waals surface area contributed by atoms with Crippen LogP contribution in [0.5, 0.6) is 0 Å². The monoisotopic (exact) mass is 291 g/mol. The molecule has 1 N–H and O–H groups in total. The Balaban J connectivity index is 2.03. The van der Waals surface area contributed by atoms with E-state index in [1.807, 2.05) is 0 Å². The van der Waals surface area contributed by atoms with Crippen molar-refractivity contribution in [2.45, 2.75) is 0 Å². The molecule has 0 unspecified atom stereocenters. The van der Waals surface area contributed by atoms with Crippen molar-refractivity contribution in [3.63, 3.8) is 0 Å². The molecule has 0 spiro atoms. The highest BCUT2D eigenvalue weighted by atomic mass is 35.5. The number of hydrogen-bond donors (Lipinski definition) is 1. The third-order valence-electron chi connectivity index (χ3n) is 2.29. The average Bonchev–Trinajstić information content (AvgIpc) is 2.40. The maximum absolute atomic E-state index is 13.0. The fraction of sp³-hybridized carbons (Fsp3) is 0.538. The molecule has 4 nitrogen and oxygen atoms in total. The van der Waals surface area contributed by atoms with E-state index in [-0.39, 0.29) is 5.82 Å². The van der Waals surface area contributed by atoms with Crippen LogP contribution in [-0.2, 0) is 14.2 Å². The lowest BCUT2D eigenvalue weighted by atomic mass is 10.3. The summed E-state index contributed by atoms with van der Waals surface area (Å²) in [6, 6.07) is 4.20. The van der Waals surface area contributed by atoms with Gasteiger partial charge >= 0.3 is 0 Å². The Bertz CT molecular complexity index is 366. The third-order valence-corrected chi connectivity index (χ3v) is 2.62. The number of benzene rings is 1. The smallest absolute Gasteiger partial charge is 0.125 e. The van der Waals surface area contributed by atoms with Crippen molar-refractivity contribution in [1.82, 2.24) is 0 Å². The van der Waals surface area contributed by atoms with Gasteiger partial charge in [0, 0.05) is 13.7 Å². The molecule has 0 heterocycles. The van der Waals surface area contributed by atoms with Crippen molar-refractivity contribution in [3.8, 4) is 0 Å². The molecular formula is C13H19ClFNO3. The summed E-state index contributed by atoms with van der Waals surface area (Å²) in [7, 11) is 1.63. The lowest BCUT2D eigenvalue weighted by Crippen LogP contribution is -2.13. The van der Waals surface area contributed by atoms with Gasteiger partial charge in [-0.1, -0.05) is 11.6 Å². The second-order valence-electron chi connectivity index (χ2n) is 3.77. The molecule has 0 saturated heterocycles. The number of nitrogens with one attached hydrogen (secondary N) is 1. The van der Waals surface area contributed by atoms with Gasteiger partial charge in [-0.2, -0.15) is 0 Å². The molecular weight excluding hydrogens is 273 g/mol. The van der Waals surface area contributed by atoms with E-state index in [1.54, 1.807) is 7.11 Å². The Labute approximate surface area is 117 Å². The molecule has 0 aromatic heterocycles. The Kier molecular flexibility index (Phi) is 8.49. The van der Waals surface area contributed by atoms with Crippen molar-refractivity contribution in [2.24, 2.45) is 0 Å². The standard InChI is InChI=1S/C13H19ClFNO3/c1-17-6-7-19-9-8-18-5-4-16-13-10-11(15)2-3-12(13)14/h2-3,10,16H,4-9H2,1H3. The Hall–Kier alpha value is -0.880. The van der Waals surface area contributed by atoms with Crippen molar-refractivity contribution >= 4 is 17.3 Å². The zero-order chi connectivity index (χ0) is 13.9. The molecule has 0 aliphatic heterocycles. The number of methoxy groups -OCH3 is 1. The molecule has 0 radical (unpaired) electrons. The van der Waals surface area contributed by atoms with E-state index in [0.29, 0.717) is 50.3 Å². The summed E-state index contributed by atoms with van der Waals surface area (Å²) in [6.45, 7) is 3.25. The summed E-state index contributed by atoms with van der Waals surface area (Å²) >= 11 is 5.91. The van der Waals surface area contributed by atoms with E-state index in [2.05, 4.69) is 5.32 Å². The predicted molar refractivity (Wildman–Crippen MR) is 73.4 cm³/mol. The number of ether oxygens (including phenoxy) is 3. The van der Waals surface area contributed by atoms with Gasteiger partial charge in [-0.3, -0.25) is 0 Å². The van der Waals surface area contributed by atoms with Crippen LogP contribution in [0.1, 0.15) is 0 Å². The third kappa shape index (κ3) is 7.32. The molecule has 0 amide bonds. The Morgan fingerprint density at radius 3 is 2.53 bits per heavy atom. The number of rotatable bonds is 10. The quantitative estimate of drug-likeness (QED) is 0.673. The highest BCUT2D eigenvalue weighted by molar-refractivity contribution is 6.33. The highest BCUT2D eigenvalue weighted by Crippen LogP contribution is 2.21. The van der Waals surface area contributed by atoms with E-state index in [9.17, 15) is 4.39 Å². The van der Waals surface area contributed by atoms with Gasteiger partial charge in [-0.25, -0.2) is 4.39 Å². The van der Waals surface area contributed by atoms with Crippen LogP contribution in [0.3, 0.4) is 0 Å². The SMILES string of the molecule is COCCOCCOCCNc1cc(F)ccc1Cl. The summed E-state index contributed by atoms with van der Waals surface area (Å²) < 4.78 is 28.4. The second kappa shape index (κ2) is 9.97. The number of halogens is 2. The van der Waals surface area contributed by atoms with Crippen molar-refractivity contribution < 1.29 is 18.6 Å². The first-order valence-electron chi connectivity index (χ1n) is 6.07. The molecule has 1 aromatic carbocycles. The summed E-state index contributed by atoms with van der Waals surface area (Å²) in [4.78, 5) is 0. The maximum Gasteiger partial charge on any atom is 0.125 e. The normalized spacial score (nSPS) is 10.7. The lowest BCUT2D eigenvalue weighted by molar-refractivity contribution is 0.0272. The van der Waals surface area contributed by atoms with Gasteiger partial charge in [0.25, 0.3) is 0 Å². The molecule has 0 aliphatic carbocycles. The van der Waals surface area contributed by atoms with E-state index < -0.39 is 0 Å². The minimum atomic E-state index is -0.320. The van der Waals surface area contributed by atoms with E-state index in [4.69, 9.17) is 25.8 Å². The molecule has 19 heavy (non-hydrogen) atoms. The van der Waals surface area contributed by atoms with Crippen LogP contribution in [-0.4, -0.2) is 46.7 Å². The summed E-state index contributed by atoms with van der Waals surface area (Å²) in [6.07, 6.45) is 0. The van der Waals surface area contributed by atoms with Gasteiger partial charge in [0.2, 0.25) is 0 Å². The molecule has 6 heteroatoms. The molecule has 0 atom stereocenters. The summed E-state index contributed by atoms with van der Waals surface area (Å²) in [5.74, 6) is -0.320. The van der Waals surface area contributed by atoms with Gasteiger partial charge in [0.1, 0.15) is 5.82 Å². The fourth-order valence-corrected chi connectivity index (χ4v) is 1.54. The topological polar surface area (TPSA) is 39.7 Å². The zero-order valence-corrected chi connectivity index (χ0v) is 11.7. The van der Waals surface area contributed by atoms with Gasteiger partial charge in [0.05, 0.1) is 43.7 Å². The first kappa shape index (κ1) is 16.2. The predicted octanol–water partition coefficient (Wildman–Crippen LogP) is 2.57. The van der Waals surface area contributed by atoms with Gasteiger partial charge in [-0.05, 0) is 18.2 Å². The molecule has 1 rings (SSSR count). The summed E-state index contributed by atoms with van der Waals surface area (Å²) in [5, 5.41) is 3.50. The fourth-order valence-electron chi connectivity index (χ4n) is 1.36. The van der Waals surface area contributed by atoms with Crippen molar-refractivity contribution in [1.29, 1.82) is 0 Å². The van der Waals surface area contributed by atoms with E-state index in [0.717, 1.165) is 0 Å². The molecule has 0 fully saturated rings.